The summed E-state index contributed by atoms with van der Waals surface area (Å²) in [6, 6.07) is 0. The molecule has 2 aromatic heterocycles. The van der Waals surface area contributed by atoms with Crippen LogP contribution < -0.4 is 9.97 Å². The summed E-state index contributed by atoms with van der Waals surface area (Å²) >= 11 is 0. The van der Waals surface area contributed by atoms with Crippen molar-refractivity contribution < 1.29 is 9.97 Å². The number of H-pyrrole nitrogens is 2. The van der Waals surface area contributed by atoms with Gasteiger partial charge in [0.1, 0.15) is 23.8 Å². The molecule has 0 spiro atoms. The van der Waals surface area contributed by atoms with Crippen molar-refractivity contribution in [3.8, 4) is 11.4 Å². The highest BCUT2D eigenvalue weighted by molar-refractivity contribution is 5.42. The summed E-state index contributed by atoms with van der Waals surface area (Å²) in [7, 11) is 0. The molecule has 0 fully saturated rings. The van der Waals surface area contributed by atoms with Gasteiger partial charge in [0.05, 0.1) is 0 Å². The molecule has 0 amide bonds. The maximum absolute atomic E-state index is 4.20. The molecule has 4 heteroatoms. The molecule has 0 bridgehead atoms. The Kier molecular flexibility index (Phi) is 2.18. The first-order valence-corrected chi connectivity index (χ1v) is 4.45. The zero-order valence-electron chi connectivity index (χ0n) is 8.20. The maximum atomic E-state index is 4.20. The molecule has 2 N–H and O–H groups in total. The first-order chi connectivity index (χ1) is 6.75. The zero-order valence-corrected chi connectivity index (χ0v) is 8.20. The highest BCUT2D eigenvalue weighted by atomic mass is 14.9. The van der Waals surface area contributed by atoms with E-state index in [1.165, 1.54) is 0 Å². The smallest absolute Gasteiger partial charge is 0.248 e. The Bertz CT molecular complexity index is 375. The molecule has 2 aromatic rings. The van der Waals surface area contributed by atoms with E-state index >= 15 is 0 Å². The van der Waals surface area contributed by atoms with Crippen molar-refractivity contribution in [3.63, 3.8) is 0 Å². The van der Waals surface area contributed by atoms with E-state index in [0.717, 1.165) is 22.8 Å². The molecule has 0 radical (unpaired) electrons. The fraction of sp³-hybridized carbons (Fsp3) is 0.200. The molecule has 0 aliphatic rings. The minimum absolute atomic E-state index is 0.933. The molecule has 4 nitrogen and oxygen atoms in total. The lowest BCUT2D eigenvalue weighted by Gasteiger charge is -1.89. The molecule has 14 heavy (non-hydrogen) atoms. The Labute approximate surface area is 82.1 Å². The molecular weight excluding hydrogens is 176 g/mol. The van der Waals surface area contributed by atoms with Crippen LogP contribution in [0.3, 0.4) is 0 Å². The summed E-state index contributed by atoms with van der Waals surface area (Å²) < 4.78 is 0. The minimum atomic E-state index is 0.933. The normalized spacial score (nSPS) is 10.1. The number of hydrogen-bond acceptors (Lipinski definition) is 2. The molecule has 2 heterocycles. The minimum Gasteiger partial charge on any atom is -0.248 e. The third-order valence-corrected chi connectivity index (χ3v) is 1.96. The van der Waals surface area contributed by atoms with Crippen LogP contribution in [0.25, 0.3) is 11.4 Å². The van der Waals surface area contributed by atoms with E-state index < -0.39 is 0 Å². The molecule has 0 aliphatic heterocycles. The van der Waals surface area contributed by atoms with Gasteiger partial charge in [-0.25, -0.2) is 19.9 Å². The van der Waals surface area contributed by atoms with E-state index in [4.69, 9.17) is 0 Å². The summed E-state index contributed by atoms with van der Waals surface area (Å²) in [6.07, 6.45) is 7.31. The van der Waals surface area contributed by atoms with Gasteiger partial charge in [0.2, 0.25) is 0 Å². The SMILES string of the molecule is Cc1c[nH+]c(-c2cnc(C)c[nH+]2)cn1. The third-order valence-electron chi connectivity index (χ3n) is 1.96. The standard InChI is InChI=1S/C10H10N4/c1-7-3-13-9(5-11-7)10-6-12-8(2)4-14-10/h3-6H,1-2H3/p+2. The Balaban J connectivity index is 2.40. The maximum Gasteiger partial charge on any atom is 0.295 e. The molecule has 0 saturated heterocycles. The van der Waals surface area contributed by atoms with Crippen LogP contribution in [0, 0.1) is 13.8 Å². The van der Waals surface area contributed by atoms with Crippen molar-refractivity contribution in [2.45, 2.75) is 13.8 Å². The van der Waals surface area contributed by atoms with E-state index in [1.54, 1.807) is 12.4 Å². The van der Waals surface area contributed by atoms with Gasteiger partial charge in [0.15, 0.2) is 12.4 Å². The second-order valence-electron chi connectivity index (χ2n) is 3.20. The van der Waals surface area contributed by atoms with Gasteiger partial charge < -0.3 is 0 Å². The Hall–Kier alpha value is -1.84. The molecule has 0 aliphatic carbocycles. The van der Waals surface area contributed by atoms with Crippen LogP contribution >= 0.6 is 0 Å². The van der Waals surface area contributed by atoms with E-state index in [-0.39, 0.29) is 0 Å². The number of aryl methyl sites for hydroxylation is 2. The fourth-order valence-electron chi connectivity index (χ4n) is 1.14. The average Bonchev–Trinajstić information content (AvgIpc) is 2.21. The van der Waals surface area contributed by atoms with Crippen LogP contribution in [0.1, 0.15) is 11.4 Å². The van der Waals surface area contributed by atoms with E-state index in [0.29, 0.717) is 0 Å². The van der Waals surface area contributed by atoms with Crippen molar-refractivity contribution in [1.29, 1.82) is 0 Å². The topological polar surface area (TPSA) is 54.1 Å². The summed E-state index contributed by atoms with van der Waals surface area (Å²) in [5.74, 6) is 0. The number of hydrogen-bond donors (Lipinski definition) is 0. The van der Waals surface area contributed by atoms with Gasteiger partial charge in [0.25, 0.3) is 11.4 Å². The monoisotopic (exact) mass is 188 g/mol. The number of aromatic nitrogens is 4. The largest absolute Gasteiger partial charge is 0.295 e. The Morgan fingerprint density at radius 3 is 1.57 bits per heavy atom. The van der Waals surface area contributed by atoms with Gasteiger partial charge in [-0.2, -0.15) is 0 Å². The van der Waals surface area contributed by atoms with Crippen molar-refractivity contribution in [1.82, 2.24) is 9.97 Å². The second-order valence-corrected chi connectivity index (χ2v) is 3.20. The van der Waals surface area contributed by atoms with Gasteiger partial charge in [-0.3, -0.25) is 0 Å². The van der Waals surface area contributed by atoms with Crippen molar-refractivity contribution in [3.05, 3.63) is 36.2 Å². The summed E-state index contributed by atoms with van der Waals surface area (Å²) in [5, 5.41) is 0. The molecular formula is C10H12N4+2. The molecule has 0 unspecified atom stereocenters. The molecule has 70 valence electrons. The van der Waals surface area contributed by atoms with E-state index in [9.17, 15) is 0 Å². The van der Waals surface area contributed by atoms with Crippen molar-refractivity contribution in [2.75, 3.05) is 0 Å². The first-order valence-electron chi connectivity index (χ1n) is 4.45. The second kappa shape index (κ2) is 3.49. The lowest BCUT2D eigenvalue weighted by Crippen LogP contribution is -2.16. The molecule has 0 atom stereocenters. The van der Waals surface area contributed by atoms with Crippen LogP contribution in [0.15, 0.2) is 24.8 Å². The molecule has 0 saturated carbocycles. The van der Waals surface area contributed by atoms with Crippen molar-refractivity contribution >= 4 is 0 Å². The number of nitrogens with zero attached hydrogens (tertiary/aromatic N) is 2. The summed E-state index contributed by atoms with van der Waals surface area (Å²) in [5.41, 5.74) is 3.80. The van der Waals surface area contributed by atoms with E-state index in [1.807, 2.05) is 26.2 Å². The first kappa shape index (κ1) is 8.74. The lowest BCUT2D eigenvalue weighted by molar-refractivity contribution is -0.404. The van der Waals surface area contributed by atoms with Gasteiger partial charge in [-0.1, -0.05) is 0 Å². The van der Waals surface area contributed by atoms with Gasteiger partial charge in [0, 0.05) is 0 Å². The van der Waals surface area contributed by atoms with Gasteiger partial charge in [-0.05, 0) is 13.8 Å². The average molecular weight is 188 g/mol. The van der Waals surface area contributed by atoms with Crippen LogP contribution in [0.5, 0.6) is 0 Å². The van der Waals surface area contributed by atoms with Gasteiger partial charge >= 0.3 is 0 Å². The lowest BCUT2D eigenvalue weighted by atomic mass is 10.3. The summed E-state index contributed by atoms with van der Waals surface area (Å²) in [4.78, 5) is 14.7. The highest BCUT2D eigenvalue weighted by Gasteiger charge is 2.12. The van der Waals surface area contributed by atoms with Crippen LogP contribution in [0.2, 0.25) is 0 Å². The summed E-state index contributed by atoms with van der Waals surface area (Å²) in [6.45, 7) is 3.88. The Morgan fingerprint density at radius 2 is 1.29 bits per heavy atom. The predicted molar refractivity (Wildman–Crippen MR) is 50.1 cm³/mol. The van der Waals surface area contributed by atoms with Gasteiger partial charge in [-0.15, -0.1) is 0 Å². The highest BCUT2D eigenvalue weighted by Crippen LogP contribution is 2.04. The quantitative estimate of drug-likeness (QED) is 0.650. The zero-order chi connectivity index (χ0) is 9.97. The molecule has 2 rings (SSSR count). The van der Waals surface area contributed by atoms with Crippen molar-refractivity contribution in [2.24, 2.45) is 0 Å². The number of rotatable bonds is 1. The van der Waals surface area contributed by atoms with E-state index in [2.05, 4.69) is 19.9 Å². The third kappa shape index (κ3) is 1.74. The van der Waals surface area contributed by atoms with Crippen LogP contribution in [-0.4, -0.2) is 9.97 Å². The van der Waals surface area contributed by atoms with Crippen LogP contribution in [-0.2, 0) is 0 Å². The molecule has 0 aromatic carbocycles. The predicted octanol–water partition coefficient (Wildman–Crippen LogP) is 0.389. The fourth-order valence-corrected chi connectivity index (χ4v) is 1.14. The number of aromatic amines is 2. The Morgan fingerprint density at radius 1 is 0.857 bits per heavy atom. The number of nitrogens with one attached hydrogen (secondary N) is 2. The van der Waals surface area contributed by atoms with Crippen LogP contribution in [0.4, 0.5) is 0 Å².